The highest BCUT2D eigenvalue weighted by Crippen LogP contribution is 2.30. The van der Waals surface area contributed by atoms with E-state index in [1.165, 1.54) is 30.4 Å². The van der Waals surface area contributed by atoms with Crippen LogP contribution in [0.1, 0.15) is 68.9 Å². The van der Waals surface area contributed by atoms with E-state index >= 15 is 0 Å². The first-order valence-corrected chi connectivity index (χ1v) is 10.1. The zero-order valence-electron chi connectivity index (χ0n) is 17.1. The molecule has 2 aromatic rings. The molecule has 5 nitrogen and oxygen atoms in total. The third kappa shape index (κ3) is 5.41. The summed E-state index contributed by atoms with van der Waals surface area (Å²) in [6.07, 6.45) is 9.72. The summed E-state index contributed by atoms with van der Waals surface area (Å²) < 4.78 is 0. The zero-order valence-corrected chi connectivity index (χ0v) is 17.1. The molecule has 0 saturated carbocycles. The summed E-state index contributed by atoms with van der Waals surface area (Å²) in [6.45, 7) is 7.14. The monoisotopic (exact) mass is 378 g/mol. The number of benzene rings is 1. The van der Waals surface area contributed by atoms with Crippen molar-refractivity contribution in [1.29, 1.82) is 0 Å². The fraction of sp³-hybridized carbons (Fsp3) is 0.435. The first kappa shape index (κ1) is 20.1. The smallest absolute Gasteiger partial charge is 0.270 e. The molecule has 28 heavy (non-hydrogen) atoms. The molecule has 2 N–H and O–H groups in total. The van der Waals surface area contributed by atoms with Crippen LogP contribution < -0.4 is 10.6 Å². The van der Waals surface area contributed by atoms with Crippen molar-refractivity contribution >= 4 is 17.5 Å². The Labute approximate surface area is 167 Å². The molecule has 0 aliphatic heterocycles. The van der Waals surface area contributed by atoms with E-state index in [9.17, 15) is 4.79 Å². The Morgan fingerprint density at radius 2 is 1.96 bits per heavy atom. The second kappa shape index (κ2) is 9.00. The molecule has 0 atom stereocenters. The first-order valence-electron chi connectivity index (χ1n) is 10.1. The molecule has 0 unspecified atom stereocenters. The van der Waals surface area contributed by atoms with Crippen molar-refractivity contribution in [1.82, 2.24) is 15.3 Å². The summed E-state index contributed by atoms with van der Waals surface area (Å²) in [7, 11) is 0. The number of para-hydroxylation sites is 1. The number of nitrogens with one attached hydrogen (secondary N) is 2. The van der Waals surface area contributed by atoms with E-state index in [1.807, 2.05) is 18.2 Å². The second-order valence-corrected chi connectivity index (χ2v) is 8.30. The van der Waals surface area contributed by atoms with Gasteiger partial charge in [0.05, 0.1) is 0 Å². The van der Waals surface area contributed by atoms with Gasteiger partial charge in [-0.15, -0.1) is 0 Å². The van der Waals surface area contributed by atoms with Gasteiger partial charge in [-0.05, 0) is 55.2 Å². The average Bonchev–Trinajstić information content (AvgIpc) is 2.68. The predicted octanol–water partition coefficient (Wildman–Crippen LogP) is 5.14. The molecule has 3 rings (SSSR count). The number of rotatable bonds is 6. The normalized spacial score (nSPS) is 14.3. The Kier molecular flexibility index (Phi) is 6.45. The molecule has 0 radical (unpaired) electrons. The number of carbonyl (C=O) groups excluding carboxylic acids is 1. The fourth-order valence-corrected chi connectivity index (χ4v) is 3.47. The maximum Gasteiger partial charge on any atom is 0.270 e. The highest BCUT2D eigenvalue weighted by atomic mass is 16.1. The number of allylic oxidation sites excluding steroid dienone is 1. The number of amides is 1. The van der Waals surface area contributed by atoms with Crippen LogP contribution in [0.5, 0.6) is 0 Å². The topological polar surface area (TPSA) is 66.9 Å². The van der Waals surface area contributed by atoms with Crippen LogP contribution in [-0.2, 0) is 5.41 Å². The third-order valence-corrected chi connectivity index (χ3v) is 4.99. The SMILES string of the molecule is CC(C)(C)c1ccccc1Nc1nccc(C(=O)NCCC2=CCCCC2)n1. The summed E-state index contributed by atoms with van der Waals surface area (Å²) in [6, 6.07) is 9.76. The molecule has 1 amide bonds. The molecule has 5 heteroatoms. The molecule has 1 aromatic heterocycles. The number of anilines is 2. The van der Waals surface area contributed by atoms with Gasteiger partial charge in [0.15, 0.2) is 0 Å². The van der Waals surface area contributed by atoms with Crippen LogP contribution in [0, 0.1) is 0 Å². The van der Waals surface area contributed by atoms with Gasteiger partial charge in [-0.25, -0.2) is 9.97 Å². The Hall–Kier alpha value is -2.69. The number of aromatic nitrogens is 2. The number of nitrogens with zero attached hydrogens (tertiary/aromatic N) is 2. The Balaban J connectivity index is 1.64. The maximum absolute atomic E-state index is 12.5. The van der Waals surface area contributed by atoms with Crippen molar-refractivity contribution in [2.75, 3.05) is 11.9 Å². The molecule has 0 spiro atoms. The van der Waals surface area contributed by atoms with Crippen LogP contribution in [0.4, 0.5) is 11.6 Å². The lowest BCUT2D eigenvalue weighted by Crippen LogP contribution is -2.26. The van der Waals surface area contributed by atoms with Crippen LogP contribution in [0.3, 0.4) is 0 Å². The Morgan fingerprint density at radius 3 is 2.71 bits per heavy atom. The van der Waals surface area contributed by atoms with Crippen molar-refractivity contribution in [2.45, 2.75) is 58.3 Å². The maximum atomic E-state index is 12.5. The molecular formula is C23H30N4O. The molecule has 1 aromatic carbocycles. The largest absolute Gasteiger partial charge is 0.350 e. The quantitative estimate of drug-likeness (QED) is 0.683. The van der Waals surface area contributed by atoms with E-state index < -0.39 is 0 Å². The van der Waals surface area contributed by atoms with Gasteiger partial charge in [0.2, 0.25) is 5.95 Å². The first-order chi connectivity index (χ1) is 13.4. The van der Waals surface area contributed by atoms with Gasteiger partial charge in [-0.3, -0.25) is 4.79 Å². The van der Waals surface area contributed by atoms with Crippen LogP contribution in [0.25, 0.3) is 0 Å². The van der Waals surface area contributed by atoms with Crippen molar-refractivity contribution in [3.63, 3.8) is 0 Å². The molecule has 1 aliphatic rings. The summed E-state index contributed by atoms with van der Waals surface area (Å²) >= 11 is 0. The third-order valence-electron chi connectivity index (χ3n) is 4.99. The van der Waals surface area contributed by atoms with Crippen molar-refractivity contribution in [3.05, 3.63) is 59.4 Å². The molecule has 0 bridgehead atoms. The highest BCUT2D eigenvalue weighted by molar-refractivity contribution is 5.92. The van der Waals surface area contributed by atoms with E-state index in [0.717, 1.165) is 18.5 Å². The standard InChI is InChI=1S/C23H30N4O/c1-23(2,3)18-11-7-8-12-19(18)26-22-25-16-14-20(27-22)21(28)24-15-13-17-9-5-4-6-10-17/h7-9,11-12,14,16H,4-6,10,13,15H2,1-3H3,(H,24,28)(H,25,26,27). The Bertz CT molecular complexity index is 852. The summed E-state index contributed by atoms with van der Waals surface area (Å²) in [5.41, 5.74) is 3.96. The molecule has 148 valence electrons. The van der Waals surface area contributed by atoms with Gasteiger partial charge in [-0.1, -0.05) is 50.6 Å². The van der Waals surface area contributed by atoms with Crippen LogP contribution in [0.15, 0.2) is 48.2 Å². The molecule has 1 aliphatic carbocycles. The van der Waals surface area contributed by atoms with E-state index in [-0.39, 0.29) is 11.3 Å². The van der Waals surface area contributed by atoms with Gasteiger partial charge in [0, 0.05) is 18.4 Å². The minimum Gasteiger partial charge on any atom is -0.350 e. The highest BCUT2D eigenvalue weighted by Gasteiger charge is 2.18. The lowest BCUT2D eigenvalue weighted by atomic mass is 9.86. The van der Waals surface area contributed by atoms with Gasteiger partial charge < -0.3 is 10.6 Å². The van der Waals surface area contributed by atoms with Gasteiger partial charge in [0.1, 0.15) is 5.69 Å². The number of hydrogen-bond acceptors (Lipinski definition) is 4. The lowest BCUT2D eigenvalue weighted by molar-refractivity contribution is 0.0949. The second-order valence-electron chi connectivity index (χ2n) is 8.30. The molecule has 1 heterocycles. The summed E-state index contributed by atoms with van der Waals surface area (Å²) in [5, 5.41) is 6.25. The van der Waals surface area contributed by atoms with Crippen LogP contribution in [0.2, 0.25) is 0 Å². The van der Waals surface area contributed by atoms with Crippen molar-refractivity contribution in [2.24, 2.45) is 0 Å². The fourth-order valence-electron chi connectivity index (χ4n) is 3.47. The summed E-state index contributed by atoms with van der Waals surface area (Å²) in [5.74, 6) is 0.269. The molecular weight excluding hydrogens is 348 g/mol. The Morgan fingerprint density at radius 1 is 1.14 bits per heavy atom. The summed E-state index contributed by atoms with van der Waals surface area (Å²) in [4.78, 5) is 21.2. The average molecular weight is 379 g/mol. The van der Waals surface area contributed by atoms with E-state index in [1.54, 1.807) is 12.3 Å². The number of hydrogen-bond donors (Lipinski definition) is 2. The van der Waals surface area contributed by atoms with Gasteiger partial charge in [0.25, 0.3) is 5.91 Å². The van der Waals surface area contributed by atoms with Crippen LogP contribution >= 0.6 is 0 Å². The van der Waals surface area contributed by atoms with Crippen molar-refractivity contribution in [3.8, 4) is 0 Å². The van der Waals surface area contributed by atoms with E-state index in [0.29, 0.717) is 18.2 Å². The van der Waals surface area contributed by atoms with Crippen molar-refractivity contribution < 1.29 is 4.79 Å². The van der Waals surface area contributed by atoms with Gasteiger partial charge in [-0.2, -0.15) is 0 Å². The number of carbonyl (C=O) groups is 1. The van der Waals surface area contributed by atoms with E-state index in [4.69, 9.17) is 0 Å². The minimum absolute atomic E-state index is 0.00756. The lowest BCUT2D eigenvalue weighted by Gasteiger charge is -2.23. The van der Waals surface area contributed by atoms with Crippen LogP contribution in [-0.4, -0.2) is 22.4 Å². The molecule has 0 saturated heterocycles. The minimum atomic E-state index is -0.161. The van der Waals surface area contributed by atoms with E-state index in [2.05, 4.69) is 53.5 Å². The van der Waals surface area contributed by atoms with Gasteiger partial charge >= 0.3 is 0 Å². The zero-order chi connectivity index (χ0) is 20.0. The molecule has 0 fully saturated rings. The predicted molar refractivity (Wildman–Crippen MR) is 114 cm³/mol.